The van der Waals surface area contributed by atoms with Gasteiger partial charge < -0.3 is 39.4 Å². The molecule has 9 heteroatoms. The van der Waals surface area contributed by atoms with Gasteiger partial charge in [-0.15, -0.1) is 0 Å². The summed E-state index contributed by atoms with van der Waals surface area (Å²) < 4.78 is 22.9. The predicted molar refractivity (Wildman–Crippen MR) is 247 cm³/mol. The zero-order valence-corrected chi connectivity index (χ0v) is 38.7. The van der Waals surface area contributed by atoms with E-state index in [1.165, 1.54) is 161 Å². The number of hydrogen-bond acceptors (Lipinski definition) is 9. The Hall–Kier alpha value is -1.59. The summed E-state index contributed by atoms with van der Waals surface area (Å²) in [6.45, 7) is 4.55. The predicted octanol–water partition coefficient (Wildman–Crippen LogP) is 11.9. The van der Waals surface area contributed by atoms with E-state index in [0.717, 1.165) is 38.5 Å². The van der Waals surface area contributed by atoms with Crippen molar-refractivity contribution in [1.82, 2.24) is 0 Å². The molecule has 0 amide bonds. The number of hydrogen-bond donors (Lipinski definition) is 4. The van der Waals surface area contributed by atoms with Crippen molar-refractivity contribution in [1.29, 1.82) is 0 Å². The average Bonchev–Trinajstić information content (AvgIpc) is 3.25. The highest BCUT2D eigenvalue weighted by Gasteiger charge is 2.44. The monoisotopic (exact) mass is 851 g/mol. The zero-order chi connectivity index (χ0) is 43.6. The number of carbonyl (C=O) groups excluding carboxylic acids is 1. The lowest BCUT2D eigenvalue weighted by atomic mass is 9.99. The van der Waals surface area contributed by atoms with Crippen molar-refractivity contribution in [2.75, 3.05) is 26.4 Å². The number of rotatable bonds is 43. The van der Waals surface area contributed by atoms with E-state index in [1.807, 2.05) is 0 Å². The third kappa shape index (κ3) is 33.0. The Balaban J connectivity index is 2.23. The van der Waals surface area contributed by atoms with Gasteiger partial charge in [0.05, 0.1) is 19.8 Å². The first-order valence-corrected chi connectivity index (χ1v) is 25.1. The van der Waals surface area contributed by atoms with E-state index in [1.54, 1.807) is 0 Å². The summed E-state index contributed by atoms with van der Waals surface area (Å²) in [6.07, 6.45) is 44.5. The van der Waals surface area contributed by atoms with Crippen LogP contribution in [0.5, 0.6) is 0 Å². The van der Waals surface area contributed by atoms with Crippen molar-refractivity contribution in [2.45, 2.75) is 256 Å². The minimum absolute atomic E-state index is 0.116. The molecule has 0 aromatic heterocycles. The highest BCUT2D eigenvalue weighted by atomic mass is 16.7. The minimum Gasteiger partial charge on any atom is -0.457 e. The Labute approximate surface area is 368 Å². The third-order valence-electron chi connectivity index (χ3n) is 11.5. The van der Waals surface area contributed by atoms with Crippen LogP contribution in [0.3, 0.4) is 0 Å². The molecule has 0 aromatic rings. The Morgan fingerprint density at radius 1 is 0.533 bits per heavy atom. The molecule has 1 heterocycles. The summed E-state index contributed by atoms with van der Waals surface area (Å²) in [5.74, 6) is -0.319. The van der Waals surface area contributed by atoms with Crippen LogP contribution in [0.4, 0.5) is 0 Å². The molecule has 60 heavy (non-hydrogen) atoms. The Morgan fingerprint density at radius 3 is 1.47 bits per heavy atom. The molecule has 1 rings (SSSR count). The molecule has 1 aliphatic rings. The molecule has 6 unspecified atom stereocenters. The summed E-state index contributed by atoms with van der Waals surface area (Å²) in [5, 5.41) is 40.2. The average molecular weight is 851 g/mol. The second-order valence-corrected chi connectivity index (χ2v) is 17.3. The number of aliphatic hydroxyl groups excluding tert-OH is 4. The smallest absolute Gasteiger partial charge is 0.306 e. The lowest BCUT2D eigenvalue weighted by Crippen LogP contribution is -2.59. The number of esters is 1. The molecule has 0 saturated carbocycles. The van der Waals surface area contributed by atoms with E-state index in [9.17, 15) is 25.2 Å². The molecule has 0 spiro atoms. The van der Waals surface area contributed by atoms with Crippen molar-refractivity contribution in [3.63, 3.8) is 0 Å². The van der Waals surface area contributed by atoms with Gasteiger partial charge in [0, 0.05) is 13.0 Å². The number of carbonyl (C=O) groups is 1. The highest BCUT2D eigenvalue weighted by Crippen LogP contribution is 2.23. The molecule has 6 atom stereocenters. The van der Waals surface area contributed by atoms with Gasteiger partial charge in [-0.3, -0.25) is 4.79 Å². The maximum atomic E-state index is 12.8. The minimum atomic E-state index is -1.54. The van der Waals surface area contributed by atoms with Crippen LogP contribution in [0.15, 0.2) is 36.5 Å². The van der Waals surface area contributed by atoms with Crippen molar-refractivity contribution < 1.29 is 44.2 Å². The standard InChI is InChI=1S/C51H94O9/c1-3-5-7-9-11-13-15-17-19-21-23-25-27-29-31-33-35-37-39-41-57-43-45(44-58-51-50(56)49(55)48(54)46(42-52)60-51)59-47(53)40-38-36-34-32-30-28-26-24-22-20-18-16-14-12-10-8-6-4-2/h13,15,19-22,45-46,48-52,54-56H,3-12,14,16-18,23-44H2,1-2H3/b15-13-,21-19-,22-20-. The van der Waals surface area contributed by atoms with Gasteiger partial charge in [-0.05, 0) is 70.6 Å². The lowest BCUT2D eigenvalue weighted by molar-refractivity contribution is -0.305. The molecule has 0 aromatic carbocycles. The number of allylic oxidation sites excluding steroid dienone is 6. The molecule has 352 valence electrons. The Bertz CT molecular complexity index is 1010. The van der Waals surface area contributed by atoms with Gasteiger partial charge in [-0.2, -0.15) is 0 Å². The van der Waals surface area contributed by atoms with Crippen LogP contribution >= 0.6 is 0 Å². The van der Waals surface area contributed by atoms with Crippen LogP contribution in [0, 0.1) is 0 Å². The van der Waals surface area contributed by atoms with Crippen LogP contribution in [0.1, 0.15) is 219 Å². The molecular formula is C51H94O9. The molecule has 1 saturated heterocycles. The van der Waals surface area contributed by atoms with Crippen LogP contribution < -0.4 is 0 Å². The third-order valence-corrected chi connectivity index (χ3v) is 11.5. The molecule has 0 radical (unpaired) electrons. The number of unbranched alkanes of at least 4 members (excludes halogenated alkanes) is 26. The largest absolute Gasteiger partial charge is 0.457 e. The SMILES string of the molecule is CCCCCC/C=C\C/C=C\CCCCCCCCCCOCC(COC1OC(CO)C(O)C(O)C1O)OC(=O)CCCCCCCCC/C=C\CCCCCCCCC. The van der Waals surface area contributed by atoms with Gasteiger partial charge in [0.15, 0.2) is 6.29 Å². The molecule has 9 nitrogen and oxygen atoms in total. The topological polar surface area (TPSA) is 135 Å². The summed E-state index contributed by atoms with van der Waals surface area (Å²) in [5.41, 5.74) is 0. The van der Waals surface area contributed by atoms with Crippen LogP contribution in [-0.2, 0) is 23.7 Å². The van der Waals surface area contributed by atoms with Crippen LogP contribution in [0.2, 0.25) is 0 Å². The molecule has 0 aliphatic carbocycles. The Morgan fingerprint density at radius 2 is 0.967 bits per heavy atom. The van der Waals surface area contributed by atoms with Crippen molar-refractivity contribution in [2.24, 2.45) is 0 Å². The summed E-state index contributed by atoms with van der Waals surface area (Å²) in [7, 11) is 0. The first kappa shape index (κ1) is 56.4. The summed E-state index contributed by atoms with van der Waals surface area (Å²) >= 11 is 0. The summed E-state index contributed by atoms with van der Waals surface area (Å²) in [6, 6.07) is 0. The van der Waals surface area contributed by atoms with Gasteiger partial charge in [0.2, 0.25) is 0 Å². The Kier molecular flexibility index (Phi) is 40.2. The van der Waals surface area contributed by atoms with Gasteiger partial charge >= 0.3 is 5.97 Å². The van der Waals surface area contributed by atoms with Crippen LogP contribution in [-0.4, -0.2) is 89.6 Å². The summed E-state index contributed by atoms with van der Waals surface area (Å²) in [4.78, 5) is 12.8. The van der Waals surface area contributed by atoms with Gasteiger partial charge in [-0.25, -0.2) is 0 Å². The van der Waals surface area contributed by atoms with Crippen molar-refractivity contribution in [3.8, 4) is 0 Å². The van der Waals surface area contributed by atoms with Crippen molar-refractivity contribution >= 4 is 5.97 Å². The van der Waals surface area contributed by atoms with Gasteiger partial charge in [0.1, 0.15) is 30.5 Å². The molecular weight excluding hydrogens is 757 g/mol. The quantitative estimate of drug-likeness (QED) is 0.0269. The molecule has 1 aliphatic heterocycles. The van der Waals surface area contributed by atoms with E-state index in [2.05, 4.69) is 50.3 Å². The van der Waals surface area contributed by atoms with Gasteiger partial charge in [0.25, 0.3) is 0 Å². The first-order chi connectivity index (χ1) is 29.4. The maximum Gasteiger partial charge on any atom is 0.306 e. The van der Waals surface area contributed by atoms with Gasteiger partial charge in [-0.1, -0.05) is 179 Å². The van der Waals surface area contributed by atoms with E-state index in [4.69, 9.17) is 18.9 Å². The lowest BCUT2D eigenvalue weighted by Gasteiger charge is -2.39. The zero-order valence-electron chi connectivity index (χ0n) is 38.7. The second-order valence-electron chi connectivity index (χ2n) is 17.3. The fourth-order valence-corrected chi connectivity index (χ4v) is 7.58. The van der Waals surface area contributed by atoms with E-state index in [-0.39, 0.29) is 19.2 Å². The van der Waals surface area contributed by atoms with E-state index in [0.29, 0.717) is 13.0 Å². The van der Waals surface area contributed by atoms with E-state index >= 15 is 0 Å². The molecule has 4 N–H and O–H groups in total. The van der Waals surface area contributed by atoms with Crippen molar-refractivity contribution in [3.05, 3.63) is 36.5 Å². The molecule has 1 fully saturated rings. The van der Waals surface area contributed by atoms with E-state index < -0.39 is 43.4 Å². The number of ether oxygens (including phenoxy) is 4. The first-order valence-electron chi connectivity index (χ1n) is 25.1. The second kappa shape index (κ2) is 42.7. The highest BCUT2D eigenvalue weighted by molar-refractivity contribution is 5.69. The number of aliphatic hydroxyl groups is 4. The van der Waals surface area contributed by atoms with Crippen LogP contribution in [0.25, 0.3) is 0 Å². The fourth-order valence-electron chi connectivity index (χ4n) is 7.58. The maximum absolute atomic E-state index is 12.8. The molecule has 0 bridgehead atoms. The fraction of sp³-hybridized carbons (Fsp3) is 0.863. The normalized spacial score (nSPS) is 20.3.